The van der Waals surface area contributed by atoms with Gasteiger partial charge in [-0.2, -0.15) is 0 Å². The molecule has 0 aliphatic carbocycles. The SMILES string of the molecule is CCCC[CH]CCCN(C)C. The first-order chi connectivity index (χ1) is 5.27. The van der Waals surface area contributed by atoms with E-state index in [9.17, 15) is 0 Å². The minimum Gasteiger partial charge on any atom is -0.309 e. The molecule has 0 aliphatic heterocycles. The maximum absolute atomic E-state index is 2.42. The summed E-state index contributed by atoms with van der Waals surface area (Å²) in [4.78, 5) is 2.24. The van der Waals surface area contributed by atoms with Crippen LogP contribution in [0.25, 0.3) is 0 Å². The van der Waals surface area contributed by atoms with E-state index in [4.69, 9.17) is 0 Å². The summed E-state index contributed by atoms with van der Waals surface area (Å²) < 4.78 is 0. The quantitative estimate of drug-likeness (QED) is 0.512. The molecule has 67 valence electrons. The van der Waals surface area contributed by atoms with Crippen molar-refractivity contribution in [3.63, 3.8) is 0 Å². The monoisotopic (exact) mass is 156 g/mol. The molecular formula is C10H22N. The Hall–Kier alpha value is -0.0400. The first kappa shape index (κ1) is 11.0. The van der Waals surface area contributed by atoms with E-state index in [2.05, 4.69) is 32.3 Å². The fourth-order valence-electron chi connectivity index (χ4n) is 1.04. The molecule has 11 heavy (non-hydrogen) atoms. The Morgan fingerprint density at radius 2 is 1.73 bits per heavy atom. The van der Waals surface area contributed by atoms with Crippen LogP contribution in [-0.4, -0.2) is 25.5 Å². The van der Waals surface area contributed by atoms with Crippen molar-refractivity contribution >= 4 is 0 Å². The summed E-state index contributed by atoms with van der Waals surface area (Å²) >= 11 is 0. The lowest BCUT2D eigenvalue weighted by molar-refractivity contribution is 0.398. The molecule has 0 aromatic heterocycles. The molecule has 0 saturated heterocycles. The maximum atomic E-state index is 2.42. The van der Waals surface area contributed by atoms with Gasteiger partial charge in [-0.15, -0.1) is 0 Å². The van der Waals surface area contributed by atoms with E-state index in [-0.39, 0.29) is 0 Å². The van der Waals surface area contributed by atoms with E-state index in [0.29, 0.717) is 0 Å². The molecule has 0 rings (SSSR count). The summed E-state index contributed by atoms with van der Waals surface area (Å²) in [6.45, 7) is 3.47. The highest BCUT2D eigenvalue weighted by Gasteiger charge is 1.91. The number of hydrogen-bond donors (Lipinski definition) is 0. The Labute approximate surface area is 71.8 Å². The van der Waals surface area contributed by atoms with Gasteiger partial charge in [0.15, 0.2) is 0 Å². The van der Waals surface area contributed by atoms with Crippen molar-refractivity contribution in [2.24, 2.45) is 0 Å². The van der Waals surface area contributed by atoms with E-state index < -0.39 is 0 Å². The fraction of sp³-hybridized carbons (Fsp3) is 0.900. The molecule has 0 unspecified atom stereocenters. The van der Waals surface area contributed by atoms with Gasteiger partial charge >= 0.3 is 0 Å². The molecule has 1 radical (unpaired) electrons. The van der Waals surface area contributed by atoms with Crippen molar-refractivity contribution in [1.29, 1.82) is 0 Å². The van der Waals surface area contributed by atoms with Crippen LogP contribution in [0.15, 0.2) is 0 Å². The van der Waals surface area contributed by atoms with Crippen LogP contribution >= 0.6 is 0 Å². The second-order valence-corrected chi connectivity index (χ2v) is 3.38. The highest BCUT2D eigenvalue weighted by molar-refractivity contribution is 4.64. The van der Waals surface area contributed by atoms with Gasteiger partial charge in [0.1, 0.15) is 0 Å². The molecular weight excluding hydrogens is 134 g/mol. The van der Waals surface area contributed by atoms with Gasteiger partial charge in [0.05, 0.1) is 0 Å². The fourth-order valence-corrected chi connectivity index (χ4v) is 1.04. The Morgan fingerprint density at radius 3 is 2.27 bits per heavy atom. The van der Waals surface area contributed by atoms with Crippen molar-refractivity contribution in [2.75, 3.05) is 20.6 Å². The van der Waals surface area contributed by atoms with Crippen LogP contribution in [0.4, 0.5) is 0 Å². The Morgan fingerprint density at radius 1 is 1.09 bits per heavy atom. The molecule has 1 nitrogen and oxygen atoms in total. The van der Waals surface area contributed by atoms with Gasteiger partial charge in [0.25, 0.3) is 0 Å². The van der Waals surface area contributed by atoms with Crippen LogP contribution in [0.5, 0.6) is 0 Å². The van der Waals surface area contributed by atoms with Gasteiger partial charge in [0.2, 0.25) is 0 Å². The molecule has 0 amide bonds. The summed E-state index contributed by atoms with van der Waals surface area (Å²) in [6.07, 6.45) is 9.03. The van der Waals surface area contributed by atoms with Crippen molar-refractivity contribution in [2.45, 2.75) is 39.0 Å². The summed E-state index contributed by atoms with van der Waals surface area (Å²) in [5.74, 6) is 0. The first-order valence-corrected chi connectivity index (χ1v) is 4.73. The molecule has 0 saturated carbocycles. The minimum absolute atomic E-state index is 1.22. The minimum atomic E-state index is 1.22. The third kappa shape index (κ3) is 9.96. The molecule has 0 heterocycles. The third-order valence-electron chi connectivity index (χ3n) is 1.78. The van der Waals surface area contributed by atoms with Crippen LogP contribution in [-0.2, 0) is 0 Å². The second kappa shape index (κ2) is 8.06. The van der Waals surface area contributed by atoms with Crippen molar-refractivity contribution in [1.82, 2.24) is 4.90 Å². The van der Waals surface area contributed by atoms with E-state index in [0.717, 1.165) is 0 Å². The van der Waals surface area contributed by atoms with Crippen LogP contribution in [0, 0.1) is 6.42 Å². The summed E-state index contributed by atoms with van der Waals surface area (Å²) in [5.41, 5.74) is 0. The van der Waals surface area contributed by atoms with Gasteiger partial charge in [-0.3, -0.25) is 0 Å². The predicted octanol–water partition coefficient (Wildman–Crippen LogP) is 2.72. The highest BCUT2D eigenvalue weighted by atomic mass is 15.0. The van der Waals surface area contributed by atoms with Crippen molar-refractivity contribution < 1.29 is 0 Å². The Balaban J connectivity index is 2.80. The standard InChI is InChI=1S/C10H22N/c1-4-5-6-7-8-9-10-11(2)3/h7H,4-6,8-10H2,1-3H3. The number of nitrogens with zero attached hydrogens (tertiary/aromatic N) is 1. The largest absolute Gasteiger partial charge is 0.309 e. The predicted molar refractivity (Wildman–Crippen MR) is 51.6 cm³/mol. The molecule has 0 bridgehead atoms. The lowest BCUT2D eigenvalue weighted by Crippen LogP contribution is -2.12. The zero-order valence-corrected chi connectivity index (χ0v) is 8.27. The molecule has 0 atom stereocenters. The van der Waals surface area contributed by atoms with E-state index in [1.54, 1.807) is 0 Å². The molecule has 0 N–H and O–H groups in total. The van der Waals surface area contributed by atoms with Crippen molar-refractivity contribution in [3.8, 4) is 0 Å². The average molecular weight is 156 g/mol. The molecule has 1 heteroatoms. The smallest absolute Gasteiger partial charge is 0.00247 e. The third-order valence-corrected chi connectivity index (χ3v) is 1.78. The molecule has 0 aromatic rings. The van der Waals surface area contributed by atoms with E-state index in [1.165, 1.54) is 38.6 Å². The molecule has 0 fully saturated rings. The molecule has 0 aromatic carbocycles. The summed E-state index contributed by atoms with van der Waals surface area (Å²) in [7, 11) is 4.26. The maximum Gasteiger partial charge on any atom is -0.00247 e. The Bertz CT molecular complexity index is 69.3. The normalized spacial score (nSPS) is 10.9. The van der Waals surface area contributed by atoms with E-state index >= 15 is 0 Å². The lowest BCUT2D eigenvalue weighted by Gasteiger charge is -2.07. The zero-order valence-electron chi connectivity index (χ0n) is 8.27. The lowest BCUT2D eigenvalue weighted by atomic mass is 10.1. The van der Waals surface area contributed by atoms with Gasteiger partial charge < -0.3 is 4.90 Å². The second-order valence-electron chi connectivity index (χ2n) is 3.38. The Kier molecular flexibility index (Phi) is 8.03. The summed E-state index contributed by atoms with van der Waals surface area (Å²) in [5, 5.41) is 0. The molecule has 0 spiro atoms. The molecule has 0 aliphatic rings. The van der Waals surface area contributed by atoms with Gasteiger partial charge in [-0.1, -0.05) is 26.2 Å². The topological polar surface area (TPSA) is 3.24 Å². The van der Waals surface area contributed by atoms with Crippen LogP contribution in [0.1, 0.15) is 39.0 Å². The van der Waals surface area contributed by atoms with Crippen LogP contribution < -0.4 is 0 Å². The number of unbranched alkanes of at least 4 members (excludes halogenated alkanes) is 5. The van der Waals surface area contributed by atoms with E-state index in [1.807, 2.05) is 0 Å². The average Bonchev–Trinajstić information content (AvgIpc) is 1.96. The van der Waals surface area contributed by atoms with Gasteiger partial charge in [0, 0.05) is 0 Å². The zero-order chi connectivity index (χ0) is 8.53. The van der Waals surface area contributed by atoms with Gasteiger partial charge in [-0.05, 0) is 39.9 Å². The highest BCUT2D eigenvalue weighted by Crippen LogP contribution is 2.03. The van der Waals surface area contributed by atoms with Crippen molar-refractivity contribution in [3.05, 3.63) is 6.42 Å². The number of hydrogen-bond acceptors (Lipinski definition) is 1. The number of rotatable bonds is 7. The summed E-state index contributed by atoms with van der Waals surface area (Å²) in [6, 6.07) is 0. The van der Waals surface area contributed by atoms with Gasteiger partial charge in [-0.25, -0.2) is 0 Å². The first-order valence-electron chi connectivity index (χ1n) is 4.73. The van der Waals surface area contributed by atoms with Crippen LogP contribution in [0.3, 0.4) is 0 Å². The van der Waals surface area contributed by atoms with Crippen LogP contribution in [0.2, 0.25) is 0 Å².